The summed E-state index contributed by atoms with van der Waals surface area (Å²) in [6.07, 6.45) is 0.647. The second kappa shape index (κ2) is 3.79. The van der Waals surface area contributed by atoms with Crippen molar-refractivity contribution in [1.82, 2.24) is 0 Å². The fourth-order valence-corrected chi connectivity index (χ4v) is 1.86. The van der Waals surface area contributed by atoms with Crippen LogP contribution in [-0.2, 0) is 11.2 Å². The van der Waals surface area contributed by atoms with Crippen molar-refractivity contribution in [2.24, 2.45) is 5.73 Å². The van der Waals surface area contributed by atoms with Gasteiger partial charge in [0.1, 0.15) is 11.4 Å². The Kier molecular flexibility index (Phi) is 2.59. The van der Waals surface area contributed by atoms with Crippen LogP contribution in [0, 0.1) is 0 Å². The van der Waals surface area contributed by atoms with Crippen LogP contribution in [0.25, 0.3) is 0 Å². The van der Waals surface area contributed by atoms with Crippen LogP contribution in [0.4, 0.5) is 0 Å². The first-order valence-corrected chi connectivity index (χ1v) is 5.18. The molecular weight excluding hydrogens is 206 g/mol. The third-order valence-corrected chi connectivity index (χ3v) is 2.87. The predicted molar refractivity (Wildman–Crippen MR) is 59.6 cm³/mol. The first kappa shape index (κ1) is 11.0. The number of cyclic esters (lactones) is 1. The minimum atomic E-state index is -0.585. The van der Waals surface area contributed by atoms with E-state index in [-0.39, 0.29) is 5.97 Å². The minimum Gasteiger partial charge on any atom is -0.497 e. The Balaban J connectivity index is 2.42. The number of nitrogens with two attached hydrogens (primary N) is 1. The van der Waals surface area contributed by atoms with Crippen LogP contribution in [0.1, 0.15) is 22.8 Å². The van der Waals surface area contributed by atoms with Gasteiger partial charge in [0.05, 0.1) is 12.7 Å². The van der Waals surface area contributed by atoms with Crippen molar-refractivity contribution < 1.29 is 14.3 Å². The zero-order chi connectivity index (χ0) is 11.8. The van der Waals surface area contributed by atoms with Crippen LogP contribution in [0.3, 0.4) is 0 Å². The highest BCUT2D eigenvalue weighted by Crippen LogP contribution is 2.29. The lowest BCUT2D eigenvalue weighted by atomic mass is 9.90. The topological polar surface area (TPSA) is 61.5 Å². The molecule has 86 valence electrons. The van der Waals surface area contributed by atoms with Crippen molar-refractivity contribution in [3.8, 4) is 5.75 Å². The number of ether oxygens (including phenoxy) is 2. The fraction of sp³-hybridized carbons (Fsp3) is 0.417. The van der Waals surface area contributed by atoms with Crippen molar-refractivity contribution >= 4 is 5.97 Å². The van der Waals surface area contributed by atoms with Gasteiger partial charge >= 0.3 is 5.97 Å². The van der Waals surface area contributed by atoms with Gasteiger partial charge in [-0.25, -0.2) is 4.79 Å². The third-order valence-electron chi connectivity index (χ3n) is 2.87. The summed E-state index contributed by atoms with van der Waals surface area (Å²) in [4.78, 5) is 11.8. The van der Waals surface area contributed by atoms with Crippen molar-refractivity contribution in [3.63, 3.8) is 0 Å². The van der Waals surface area contributed by atoms with Crippen molar-refractivity contribution in [1.29, 1.82) is 0 Å². The van der Waals surface area contributed by atoms with Crippen molar-refractivity contribution in [2.75, 3.05) is 13.7 Å². The smallest absolute Gasteiger partial charge is 0.339 e. The molecule has 0 bridgehead atoms. The molecule has 0 saturated carbocycles. The van der Waals surface area contributed by atoms with E-state index >= 15 is 0 Å². The van der Waals surface area contributed by atoms with E-state index in [1.165, 1.54) is 0 Å². The number of fused-ring (bicyclic) bond motifs is 1. The lowest BCUT2D eigenvalue weighted by molar-refractivity contribution is -0.0111. The highest BCUT2D eigenvalue weighted by atomic mass is 16.6. The molecule has 1 aromatic carbocycles. The van der Waals surface area contributed by atoms with Gasteiger partial charge in [0.2, 0.25) is 0 Å². The molecule has 4 heteroatoms. The Morgan fingerprint density at radius 3 is 2.94 bits per heavy atom. The molecule has 4 nitrogen and oxygen atoms in total. The summed E-state index contributed by atoms with van der Waals surface area (Å²) in [5.74, 6) is 0.333. The van der Waals surface area contributed by atoms with E-state index in [1.807, 2.05) is 19.1 Å². The number of hydrogen-bond acceptors (Lipinski definition) is 4. The minimum absolute atomic E-state index is 0.324. The Labute approximate surface area is 94.3 Å². The number of carbonyl (C=O) groups excluding carboxylic acids is 1. The van der Waals surface area contributed by atoms with Gasteiger partial charge in [0, 0.05) is 13.0 Å². The molecule has 0 spiro atoms. The van der Waals surface area contributed by atoms with Gasteiger partial charge in [-0.15, -0.1) is 0 Å². The maximum Gasteiger partial charge on any atom is 0.339 e. The normalized spacial score (nSPS) is 23.6. The van der Waals surface area contributed by atoms with Crippen LogP contribution in [-0.4, -0.2) is 25.2 Å². The Morgan fingerprint density at radius 2 is 2.31 bits per heavy atom. The van der Waals surface area contributed by atoms with Gasteiger partial charge in [-0.05, 0) is 24.6 Å². The average Bonchev–Trinajstić information content (AvgIpc) is 2.28. The molecule has 1 aliphatic rings. The van der Waals surface area contributed by atoms with E-state index in [2.05, 4.69) is 0 Å². The molecule has 0 saturated heterocycles. The molecule has 0 amide bonds. The number of methoxy groups -OCH3 is 1. The summed E-state index contributed by atoms with van der Waals surface area (Å²) >= 11 is 0. The van der Waals surface area contributed by atoms with E-state index in [0.29, 0.717) is 24.3 Å². The fourth-order valence-electron chi connectivity index (χ4n) is 1.86. The maximum atomic E-state index is 11.8. The molecule has 1 aromatic rings. The maximum absolute atomic E-state index is 11.8. The monoisotopic (exact) mass is 221 g/mol. The number of rotatable bonds is 2. The third kappa shape index (κ3) is 1.76. The predicted octanol–water partition coefficient (Wildman–Crippen LogP) is 1.13. The Morgan fingerprint density at radius 1 is 1.56 bits per heavy atom. The average molecular weight is 221 g/mol. The molecular formula is C12H15NO3. The van der Waals surface area contributed by atoms with E-state index < -0.39 is 5.60 Å². The van der Waals surface area contributed by atoms with Crippen molar-refractivity contribution in [3.05, 3.63) is 29.3 Å². The molecule has 0 aromatic heterocycles. The van der Waals surface area contributed by atoms with Crippen LogP contribution >= 0.6 is 0 Å². The van der Waals surface area contributed by atoms with E-state index in [4.69, 9.17) is 15.2 Å². The number of hydrogen-bond donors (Lipinski definition) is 1. The summed E-state index contributed by atoms with van der Waals surface area (Å²) in [5.41, 5.74) is 6.56. The second-order valence-electron chi connectivity index (χ2n) is 4.24. The molecule has 0 aliphatic carbocycles. The molecule has 1 unspecified atom stereocenters. The van der Waals surface area contributed by atoms with Gasteiger partial charge in [-0.1, -0.05) is 6.07 Å². The number of carbonyl (C=O) groups is 1. The highest BCUT2D eigenvalue weighted by Gasteiger charge is 2.35. The number of esters is 1. The van der Waals surface area contributed by atoms with Crippen molar-refractivity contribution in [2.45, 2.75) is 18.9 Å². The highest BCUT2D eigenvalue weighted by molar-refractivity contribution is 5.93. The summed E-state index contributed by atoms with van der Waals surface area (Å²) in [7, 11) is 1.57. The van der Waals surface area contributed by atoms with Gasteiger partial charge in [0.15, 0.2) is 0 Å². The summed E-state index contributed by atoms with van der Waals surface area (Å²) in [5, 5.41) is 0. The van der Waals surface area contributed by atoms with Crippen LogP contribution in [0.2, 0.25) is 0 Å². The van der Waals surface area contributed by atoms with E-state index in [1.54, 1.807) is 13.2 Å². The van der Waals surface area contributed by atoms with E-state index in [9.17, 15) is 4.79 Å². The Bertz CT molecular complexity index is 430. The molecule has 1 aliphatic heterocycles. The quantitative estimate of drug-likeness (QED) is 0.760. The van der Waals surface area contributed by atoms with E-state index in [0.717, 1.165) is 5.56 Å². The van der Waals surface area contributed by atoms with Gasteiger partial charge in [-0.3, -0.25) is 0 Å². The SMILES string of the molecule is COc1ccc2c(c1)C(=O)OC(C)(CN)C2. The lowest BCUT2D eigenvalue weighted by Crippen LogP contribution is -2.45. The first-order chi connectivity index (χ1) is 7.58. The zero-order valence-electron chi connectivity index (χ0n) is 9.45. The molecule has 1 atom stereocenters. The molecule has 16 heavy (non-hydrogen) atoms. The lowest BCUT2D eigenvalue weighted by Gasteiger charge is -2.33. The second-order valence-corrected chi connectivity index (χ2v) is 4.24. The first-order valence-electron chi connectivity index (χ1n) is 5.18. The Hall–Kier alpha value is -1.55. The summed E-state index contributed by atoms with van der Waals surface area (Å²) in [6, 6.07) is 5.44. The standard InChI is InChI=1S/C12H15NO3/c1-12(7-13)6-8-3-4-9(15-2)5-10(8)11(14)16-12/h3-5H,6-7,13H2,1-2H3. The molecule has 2 rings (SSSR count). The van der Waals surface area contributed by atoms with Gasteiger partial charge in [-0.2, -0.15) is 0 Å². The molecule has 1 heterocycles. The largest absolute Gasteiger partial charge is 0.497 e. The summed E-state index contributed by atoms with van der Waals surface area (Å²) < 4.78 is 10.4. The van der Waals surface area contributed by atoms with Crippen LogP contribution in [0.5, 0.6) is 5.75 Å². The summed E-state index contributed by atoms with van der Waals surface area (Å²) in [6.45, 7) is 2.17. The van der Waals surface area contributed by atoms with Gasteiger partial charge in [0.25, 0.3) is 0 Å². The molecule has 0 radical (unpaired) electrons. The van der Waals surface area contributed by atoms with Crippen LogP contribution < -0.4 is 10.5 Å². The molecule has 0 fully saturated rings. The number of benzene rings is 1. The van der Waals surface area contributed by atoms with Gasteiger partial charge < -0.3 is 15.2 Å². The molecule has 2 N–H and O–H groups in total. The van der Waals surface area contributed by atoms with Crippen LogP contribution in [0.15, 0.2) is 18.2 Å². The zero-order valence-corrected chi connectivity index (χ0v) is 9.45.